The van der Waals surface area contributed by atoms with Crippen LogP contribution in [0.25, 0.3) is 0 Å². The Labute approximate surface area is 200 Å². The molecule has 0 spiro atoms. The number of rotatable bonds is 11. The van der Waals surface area contributed by atoms with Gasteiger partial charge in [0.25, 0.3) is 0 Å². The largest absolute Gasteiger partial charge is 0.502 e. The van der Waals surface area contributed by atoms with Crippen LogP contribution in [0.1, 0.15) is 63.6 Å². The van der Waals surface area contributed by atoms with Crippen LogP contribution in [0.5, 0.6) is 17.2 Å². The summed E-state index contributed by atoms with van der Waals surface area (Å²) in [5, 5.41) is 10.3. The van der Waals surface area contributed by atoms with Crippen molar-refractivity contribution in [3.63, 3.8) is 0 Å². The van der Waals surface area contributed by atoms with Crippen LogP contribution in [-0.2, 0) is 6.54 Å². The average molecular weight is 455 g/mol. The highest BCUT2D eigenvalue weighted by molar-refractivity contribution is 5.52. The summed E-state index contributed by atoms with van der Waals surface area (Å²) < 4.78 is 10.8. The molecule has 182 valence electrons. The van der Waals surface area contributed by atoms with E-state index in [0.717, 1.165) is 38.2 Å². The molecule has 0 saturated carbocycles. The highest BCUT2D eigenvalue weighted by Gasteiger charge is 2.29. The summed E-state index contributed by atoms with van der Waals surface area (Å²) in [6.07, 6.45) is 4.66. The van der Waals surface area contributed by atoms with E-state index in [0.29, 0.717) is 29.5 Å². The Hall–Kier alpha value is -2.24. The Morgan fingerprint density at radius 2 is 1.64 bits per heavy atom. The molecule has 1 heterocycles. The van der Waals surface area contributed by atoms with Crippen LogP contribution in [0.4, 0.5) is 0 Å². The Morgan fingerprint density at radius 1 is 1.03 bits per heavy atom. The number of hydrogen-bond acceptors (Lipinski definition) is 5. The lowest BCUT2D eigenvalue weighted by Gasteiger charge is -2.42. The van der Waals surface area contributed by atoms with Gasteiger partial charge in [-0.05, 0) is 61.4 Å². The third kappa shape index (κ3) is 6.64. The highest BCUT2D eigenvalue weighted by Crippen LogP contribution is 2.38. The minimum absolute atomic E-state index is 0.0670. The van der Waals surface area contributed by atoms with Gasteiger partial charge in [0.2, 0.25) is 5.75 Å². The minimum atomic E-state index is 0.0670. The standard InChI is InChI=1S/C28H42N2O3/c1-6-25(23-10-8-7-9-11-23)29-16-13-24(14-17-29)30(15-12-21(2)3)20-22-18-26(32-4)28(31)27(19-22)33-5/h7-11,18-19,21,24-25,31H,6,12-17,20H2,1-5H3. The SMILES string of the molecule is CCC(c1ccccc1)N1CCC(N(CCC(C)C)Cc2cc(OC)c(O)c(OC)c2)CC1. The van der Waals surface area contributed by atoms with Crippen molar-refractivity contribution in [1.29, 1.82) is 0 Å². The quantitative estimate of drug-likeness (QED) is 0.460. The third-order valence-corrected chi connectivity index (χ3v) is 6.95. The van der Waals surface area contributed by atoms with E-state index in [4.69, 9.17) is 9.47 Å². The molecule has 1 unspecified atom stereocenters. The molecule has 5 heteroatoms. The number of phenols is 1. The van der Waals surface area contributed by atoms with Gasteiger partial charge in [0, 0.05) is 31.7 Å². The van der Waals surface area contributed by atoms with Crippen LogP contribution >= 0.6 is 0 Å². The Bertz CT molecular complexity index is 822. The maximum absolute atomic E-state index is 10.3. The van der Waals surface area contributed by atoms with Crippen molar-refractivity contribution in [2.45, 2.75) is 65.1 Å². The first kappa shape index (κ1) is 25.4. The molecule has 5 nitrogen and oxygen atoms in total. The fourth-order valence-electron chi connectivity index (χ4n) is 5.03. The van der Waals surface area contributed by atoms with Gasteiger partial charge < -0.3 is 14.6 Å². The number of likely N-dealkylation sites (tertiary alicyclic amines) is 1. The van der Waals surface area contributed by atoms with E-state index in [1.54, 1.807) is 14.2 Å². The molecule has 3 rings (SSSR count). The van der Waals surface area contributed by atoms with Crippen LogP contribution in [0, 0.1) is 5.92 Å². The van der Waals surface area contributed by atoms with E-state index in [1.165, 1.54) is 24.8 Å². The molecule has 1 N–H and O–H groups in total. The van der Waals surface area contributed by atoms with Gasteiger partial charge in [-0.2, -0.15) is 0 Å². The van der Waals surface area contributed by atoms with Crippen LogP contribution in [0.3, 0.4) is 0 Å². The molecule has 0 amide bonds. The first-order valence-corrected chi connectivity index (χ1v) is 12.4. The van der Waals surface area contributed by atoms with E-state index in [-0.39, 0.29) is 5.75 Å². The fraction of sp³-hybridized carbons (Fsp3) is 0.571. The molecular formula is C28H42N2O3. The number of aromatic hydroxyl groups is 1. The number of nitrogens with zero attached hydrogens (tertiary/aromatic N) is 2. The van der Waals surface area contributed by atoms with Gasteiger partial charge in [0.1, 0.15) is 0 Å². The summed E-state index contributed by atoms with van der Waals surface area (Å²) in [5.41, 5.74) is 2.54. The van der Waals surface area contributed by atoms with Gasteiger partial charge >= 0.3 is 0 Å². The van der Waals surface area contributed by atoms with E-state index < -0.39 is 0 Å². The lowest BCUT2D eigenvalue weighted by molar-refractivity contribution is 0.0743. The van der Waals surface area contributed by atoms with Crippen LogP contribution in [-0.4, -0.2) is 54.8 Å². The lowest BCUT2D eigenvalue weighted by atomic mass is 9.96. The molecule has 2 aromatic carbocycles. The smallest absolute Gasteiger partial charge is 0.200 e. The fourth-order valence-corrected chi connectivity index (χ4v) is 5.03. The maximum atomic E-state index is 10.3. The zero-order valence-corrected chi connectivity index (χ0v) is 21.1. The second-order valence-electron chi connectivity index (χ2n) is 9.60. The zero-order chi connectivity index (χ0) is 23.8. The Kier molecular flexibility index (Phi) is 9.45. The molecule has 1 aliphatic rings. The molecule has 1 saturated heterocycles. The Morgan fingerprint density at radius 3 is 2.15 bits per heavy atom. The number of hydrogen-bond donors (Lipinski definition) is 1. The van der Waals surface area contributed by atoms with E-state index in [9.17, 15) is 5.11 Å². The highest BCUT2D eigenvalue weighted by atomic mass is 16.5. The summed E-state index contributed by atoms with van der Waals surface area (Å²) in [6, 6.07) is 15.9. The van der Waals surface area contributed by atoms with Crippen LogP contribution in [0.2, 0.25) is 0 Å². The lowest BCUT2D eigenvalue weighted by Crippen LogP contribution is -2.46. The van der Waals surface area contributed by atoms with Crippen LogP contribution < -0.4 is 9.47 Å². The molecule has 1 fully saturated rings. The van der Waals surface area contributed by atoms with Crippen molar-refractivity contribution in [2.24, 2.45) is 5.92 Å². The molecule has 0 aromatic heterocycles. The topological polar surface area (TPSA) is 45.2 Å². The van der Waals surface area contributed by atoms with Crippen molar-refractivity contribution in [3.8, 4) is 17.2 Å². The summed E-state index contributed by atoms with van der Waals surface area (Å²) in [6.45, 7) is 11.0. The first-order chi connectivity index (χ1) is 16.0. The molecule has 1 atom stereocenters. The van der Waals surface area contributed by atoms with Crippen molar-refractivity contribution in [3.05, 3.63) is 53.6 Å². The monoisotopic (exact) mass is 454 g/mol. The third-order valence-electron chi connectivity index (χ3n) is 6.95. The van der Waals surface area contributed by atoms with Crippen molar-refractivity contribution in [1.82, 2.24) is 9.80 Å². The van der Waals surface area contributed by atoms with Gasteiger partial charge in [0.15, 0.2) is 11.5 Å². The van der Waals surface area contributed by atoms with Gasteiger partial charge in [-0.1, -0.05) is 51.1 Å². The molecule has 0 radical (unpaired) electrons. The van der Waals surface area contributed by atoms with E-state index >= 15 is 0 Å². The molecule has 2 aromatic rings. The molecule has 1 aliphatic heterocycles. The normalized spacial score (nSPS) is 16.3. The second kappa shape index (κ2) is 12.3. The van der Waals surface area contributed by atoms with Crippen molar-refractivity contribution in [2.75, 3.05) is 33.9 Å². The molecule has 33 heavy (non-hydrogen) atoms. The summed E-state index contributed by atoms with van der Waals surface area (Å²) >= 11 is 0. The number of methoxy groups -OCH3 is 2. The first-order valence-electron chi connectivity index (χ1n) is 12.4. The van der Waals surface area contributed by atoms with Gasteiger partial charge in [-0.15, -0.1) is 0 Å². The van der Waals surface area contributed by atoms with Crippen molar-refractivity contribution < 1.29 is 14.6 Å². The maximum Gasteiger partial charge on any atom is 0.200 e. The zero-order valence-electron chi connectivity index (χ0n) is 21.1. The number of piperidine rings is 1. The predicted octanol–water partition coefficient (Wildman–Crippen LogP) is 5.87. The van der Waals surface area contributed by atoms with Gasteiger partial charge in [-0.3, -0.25) is 9.80 Å². The number of ether oxygens (including phenoxy) is 2. The number of benzene rings is 2. The van der Waals surface area contributed by atoms with Crippen LogP contribution in [0.15, 0.2) is 42.5 Å². The molecule has 0 aliphatic carbocycles. The van der Waals surface area contributed by atoms with Crippen molar-refractivity contribution >= 4 is 0 Å². The average Bonchev–Trinajstić information content (AvgIpc) is 2.84. The van der Waals surface area contributed by atoms with Gasteiger partial charge in [-0.25, -0.2) is 0 Å². The summed E-state index contributed by atoms with van der Waals surface area (Å²) in [5.74, 6) is 1.67. The Balaban J connectivity index is 1.72. The van der Waals surface area contributed by atoms with E-state index in [2.05, 4.69) is 60.9 Å². The number of phenolic OH excluding ortho intramolecular Hbond substituents is 1. The summed E-state index contributed by atoms with van der Waals surface area (Å²) in [4.78, 5) is 5.30. The second-order valence-corrected chi connectivity index (χ2v) is 9.60. The minimum Gasteiger partial charge on any atom is -0.502 e. The van der Waals surface area contributed by atoms with E-state index in [1.807, 2.05) is 12.1 Å². The van der Waals surface area contributed by atoms with Gasteiger partial charge in [0.05, 0.1) is 14.2 Å². The molecule has 0 bridgehead atoms. The molecular weight excluding hydrogens is 412 g/mol. The predicted molar refractivity (Wildman–Crippen MR) is 135 cm³/mol. The summed E-state index contributed by atoms with van der Waals surface area (Å²) in [7, 11) is 3.17.